The molecular weight excluding hydrogens is 405 g/mol. The van der Waals surface area contributed by atoms with E-state index in [-0.39, 0.29) is 18.7 Å². The molecule has 162 valence electrons. The molecule has 0 bridgehead atoms. The summed E-state index contributed by atoms with van der Waals surface area (Å²) in [5.74, 6) is -0.932. The number of benzene rings is 2. The Morgan fingerprint density at radius 3 is 2.33 bits per heavy atom. The third kappa shape index (κ3) is 6.62. The Balaban J connectivity index is 1.53. The Hall–Kier alpha value is -2.29. The van der Waals surface area contributed by atoms with Crippen LogP contribution in [0.15, 0.2) is 48.5 Å². The van der Waals surface area contributed by atoms with Crippen LogP contribution in [-0.2, 0) is 34.5 Å². The lowest BCUT2D eigenvalue weighted by Crippen LogP contribution is -2.39. The number of hydrogen-bond acceptors (Lipinski definition) is 4. The number of carbonyl (C=O) groups excluding carboxylic acids is 1. The van der Waals surface area contributed by atoms with E-state index in [1.165, 1.54) is 36.6 Å². The van der Waals surface area contributed by atoms with Gasteiger partial charge < -0.3 is 5.32 Å². The van der Waals surface area contributed by atoms with Crippen molar-refractivity contribution in [1.82, 2.24) is 14.5 Å². The molecule has 1 fully saturated rings. The maximum atomic E-state index is 13.9. The zero-order valence-electron chi connectivity index (χ0n) is 17.2. The van der Waals surface area contributed by atoms with Crippen molar-refractivity contribution in [2.24, 2.45) is 0 Å². The molecule has 1 amide bonds. The van der Waals surface area contributed by atoms with Gasteiger partial charge in [-0.05, 0) is 43.1 Å². The zero-order chi connectivity index (χ0) is 21.6. The fraction of sp³-hybridized carbons (Fsp3) is 0.409. The lowest BCUT2D eigenvalue weighted by molar-refractivity contribution is -0.121. The van der Waals surface area contributed by atoms with Crippen LogP contribution in [0.2, 0.25) is 0 Å². The molecule has 1 aliphatic rings. The van der Waals surface area contributed by atoms with Gasteiger partial charge in [0.15, 0.2) is 0 Å². The molecule has 2 aromatic carbocycles. The van der Waals surface area contributed by atoms with E-state index in [0.29, 0.717) is 6.54 Å². The number of likely N-dealkylation sites (tertiary alicyclic amines) is 1. The van der Waals surface area contributed by atoms with E-state index in [1.54, 1.807) is 6.07 Å². The Labute approximate surface area is 177 Å². The number of nitrogens with one attached hydrogen (secondary N) is 1. The van der Waals surface area contributed by atoms with Gasteiger partial charge in [0, 0.05) is 25.2 Å². The number of amides is 1. The summed E-state index contributed by atoms with van der Waals surface area (Å²) in [4.78, 5) is 14.8. The normalized spacial score (nSPS) is 14.9. The largest absolute Gasteiger partial charge is 0.351 e. The Morgan fingerprint density at radius 2 is 1.70 bits per heavy atom. The van der Waals surface area contributed by atoms with Crippen molar-refractivity contribution in [3.63, 3.8) is 0 Å². The van der Waals surface area contributed by atoms with Crippen LogP contribution in [0, 0.1) is 5.82 Å². The number of halogens is 1. The molecule has 0 radical (unpaired) electrons. The molecular formula is C22H28FN3O3S. The van der Waals surface area contributed by atoms with Gasteiger partial charge in [-0.3, -0.25) is 9.69 Å². The number of nitrogens with zero attached hydrogens (tertiary/aromatic N) is 2. The van der Waals surface area contributed by atoms with E-state index in [1.807, 2.05) is 12.1 Å². The topological polar surface area (TPSA) is 69.7 Å². The highest BCUT2D eigenvalue weighted by Gasteiger charge is 2.21. The second-order valence-electron chi connectivity index (χ2n) is 7.70. The monoisotopic (exact) mass is 433 g/mol. The number of hydrogen-bond donors (Lipinski definition) is 1. The average Bonchev–Trinajstić information content (AvgIpc) is 3.21. The van der Waals surface area contributed by atoms with Gasteiger partial charge in [0.25, 0.3) is 0 Å². The molecule has 1 heterocycles. The van der Waals surface area contributed by atoms with Crippen LogP contribution in [-0.4, -0.2) is 49.4 Å². The maximum absolute atomic E-state index is 13.9. The summed E-state index contributed by atoms with van der Waals surface area (Å²) < 4.78 is 39.0. The smallest absolute Gasteiger partial charge is 0.235 e. The van der Waals surface area contributed by atoms with E-state index in [2.05, 4.69) is 22.3 Å². The maximum Gasteiger partial charge on any atom is 0.235 e. The van der Waals surface area contributed by atoms with Crippen molar-refractivity contribution in [3.05, 3.63) is 71.0 Å². The molecule has 0 unspecified atom stereocenters. The first-order valence-corrected chi connectivity index (χ1v) is 11.9. The SMILES string of the molecule is CS(=O)(=O)N(CC(=O)NCc1ccc(CN2CCCC2)cc1)Cc1ccccc1F. The summed E-state index contributed by atoms with van der Waals surface area (Å²) in [7, 11) is -3.67. The van der Waals surface area contributed by atoms with Gasteiger partial charge in [0.05, 0.1) is 12.8 Å². The second kappa shape index (κ2) is 10.1. The van der Waals surface area contributed by atoms with Crippen LogP contribution in [0.1, 0.15) is 29.5 Å². The fourth-order valence-corrected chi connectivity index (χ4v) is 4.21. The van der Waals surface area contributed by atoms with Crippen molar-refractivity contribution in [2.45, 2.75) is 32.5 Å². The molecule has 3 rings (SSSR count). The highest BCUT2D eigenvalue weighted by Crippen LogP contribution is 2.14. The summed E-state index contributed by atoms with van der Waals surface area (Å²) in [5.41, 5.74) is 2.40. The van der Waals surface area contributed by atoms with Gasteiger partial charge in [-0.25, -0.2) is 12.8 Å². The van der Waals surface area contributed by atoms with Crippen molar-refractivity contribution in [1.29, 1.82) is 0 Å². The highest BCUT2D eigenvalue weighted by molar-refractivity contribution is 7.88. The second-order valence-corrected chi connectivity index (χ2v) is 9.68. The molecule has 0 saturated carbocycles. The number of rotatable bonds is 9. The first-order valence-electron chi connectivity index (χ1n) is 10.1. The van der Waals surface area contributed by atoms with Crippen molar-refractivity contribution in [2.75, 3.05) is 25.9 Å². The highest BCUT2D eigenvalue weighted by atomic mass is 32.2. The molecule has 1 saturated heterocycles. The quantitative estimate of drug-likeness (QED) is 0.660. The van der Waals surface area contributed by atoms with E-state index in [9.17, 15) is 17.6 Å². The molecule has 8 heteroatoms. The summed E-state index contributed by atoms with van der Waals surface area (Å²) in [6.45, 7) is 2.97. The van der Waals surface area contributed by atoms with E-state index >= 15 is 0 Å². The summed E-state index contributed by atoms with van der Waals surface area (Å²) in [6, 6.07) is 14.0. The third-order valence-corrected chi connectivity index (χ3v) is 6.41. The van der Waals surface area contributed by atoms with Crippen LogP contribution in [0.4, 0.5) is 4.39 Å². The van der Waals surface area contributed by atoms with Crippen LogP contribution >= 0.6 is 0 Å². The van der Waals surface area contributed by atoms with E-state index < -0.39 is 21.7 Å². The Bertz CT molecular complexity index is 958. The lowest BCUT2D eigenvalue weighted by Gasteiger charge is -2.20. The van der Waals surface area contributed by atoms with Crippen molar-refractivity contribution >= 4 is 15.9 Å². The Kier molecular flexibility index (Phi) is 7.58. The molecule has 0 aliphatic carbocycles. The standard InChI is InChI=1S/C22H28FN3O3S/c1-30(28,29)26(16-20-6-2-3-7-21(20)23)17-22(27)24-14-18-8-10-19(11-9-18)15-25-12-4-5-13-25/h2-3,6-11H,4-5,12-17H2,1H3,(H,24,27). The van der Waals surface area contributed by atoms with E-state index in [4.69, 9.17) is 0 Å². The summed E-state index contributed by atoms with van der Waals surface area (Å²) in [5, 5.41) is 2.75. The molecule has 0 spiro atoms. The molecule has 30 heavy (non-hydrogen) atoms. The third-order valence-electron chi connectivity index (χ3n) is 5.21. The minimum absolute atomic E-state index is 0.190. The van der Waals surface area contributed by atoms with Crippen LogP contribution in [0.25, 0.3) is 0 Å². The van der Waals surface area contributed by atoms with Crippen LogP contribution < -0.4 is 5.32 Å². The van der Waals surface area contributed by atoms with Crippen molar-refractivity contribution in [3.8, 4) is 0 Å². The fourth-order valence-electron chi connectivity index (χ4n) is 3.49. The predicted octanol–water partition coefficient (Wildman–Crippen LogP) is 2.50. The number of sulfonamides is 1. The molecule has 1 aliphatic heterocycles. The summed E-state index contributed by atoms with van der Waals surface area (Å²) >= 11 is 0. The summed E-state index contributed by atoms with van der Waals surface area (Å²) in [6.07, 6.45) is 3.53. The lowest BCUT2D eigenvalue weighted by atomic mass is 10.1. The van der Waals surface area contributed by atoms with Gasteiger partial charge in [-0.1, -0.05) is 42.5 Å². The van der Waals surface area contributed by atoms with Gasteiger partial charge in [0.2, 0.25) is 15.9 Å². The molecule has 2 aromatic rings. The number of carbonyl (C=O) groups is 1. The zero-order valence-corrected chi connectivity index (χ0v) is 18.0. The van der Waals surface area contributed by atoms with Gasteiger partial charge >= 0.3 is 0 Å². The average molecular weight is 434 g/mol. The van der Waals surface area contributed by atoms with Crippen molar-refractivity contribution < 1.29 is 17.6 Å². The molecule has 6 nitrogen and oxygen atoms in total. The first-order chi connectivity index (χ1) is 14.3. The van der Waals surface area contributed by atoms with Crippen LogP contribution in [0.5, 0.6) is 0 Å². The minimum Gasteiger partial charge on any atom is -0.351 e. The van der Waals surface area contributed by atoms with Gasteiger partial charge in [0.1, 0.15) is 5.82 Å². The van der Waals surface area contributed by atoms with Crippen LogP contribution in [0.3, 0.4) is 0 Å². The minimum atomic E-state index is -3.67. The first kappa shape index (κ1) is 22.4. The van der Waals surface area contributed by atoms with Gasteiger partial charge in [-0.2, -0.15) is 4.31 Å². The molecule has 1 N–H and O–H groups in total. The molecule has 0 atom stereocenters. The molecule has 0 aromatic heterocycles. The predicted molar refractivity (Wildman–Crippen MR) is 114 cm³/mol. The Morgan fingerprint density at radius 1 is 1.07 bits per heavy atom. The van der Waals surface area contributed by atoms with Gasteiger partial charge in [-0.15, -0.1) is 0 Å². The van der Waals surface area contributed by atoms with E-state index in [0.717, 1.165) is 35.8 Å².